The lowest BCUT2D eigenvalue weighted by atomic mass is 9.90. The van der Waals surface area contributed by atoms with Crippen molar-refractivity contribution < 1.29 is 19.1 Å². The number of nitrogens with zero attached hydrogens (tertiary/aromatic N) is 1. The second-order valence-corrected chi connectivity index (χ2v) is 5.62. The monoisotopic (exact) mass is 305 g/mol. The van der Waals surface area contributed by atoms with E-state index in [-0.39, 0.29) is 13.0 Å². The number of aromatic nitrogens is 1. The van der Waals surface area contributed by atoms with E-state index in [4.69, 9.17) is 4.74 Å². The summed E-state index contributed by atoms with van der Waals surface area (Å²) in [6.07, 6.45) is 7.96. The van der Waals surface area contributed by atoms with Crippen LogP contribution >= 0.6 is 0 Å². The average molecular weight is 305 g/mol. The number of carbonyl (C=O) groups excluding carboxylic acids is 2. The van der Waals surface area contributed by atoms with E-state index in [9.17, 15) is 9.59 Å². The molecule has 0 bridgehead atoms. The van der Waals surface area contributed by atoms with Gasteiger partial charge in [0.2, 0.25) is 5.78 Å². The summed E-state index contributed by atoms with van der Waals surface area (Å²) in [4.78, 5) is 27.0. The van der Waals surface area contributed by atoms with Gasteiger partial charge in [0.1, 0.15) is 5.75 Å². The molecular weight excluding hydrogens is 282 g/mol. The largest absolute Gasteiger partial charge is 0.492 e. The first-order valence-electron chi connectivity index (χ1n) is 7.96. The summed E-state index contributed by atoms with van der Waals surface area (Å²) in [5.41, 5.74) is 0.545. The molecule has 5 nitrogen and oxygen atoms in total. The standard InChI is InChI=1S/C17H23NO4/c1-2-21-17(20)16(19)10-14-8-9-15(11-18-14)22-12-13-6-4-3-5-7-13/h8-9,11,13H,2-7,10,12H2,1H3. The second-order valence-electron chi connectivity index (χ2n) is 5.62. The predicted octanol–water partition coefficient (Wildman–Crippen LogP) is 2.72. The van der Waals surface area contributed by atoms with E-state index >= 15 is 0 Å². The van der Waals surface area contributed by atoms with Crippen molar-refractivity contribution in [3.05, 3.63) is 24.0 Å². The fourth-order valence-electron chi connectivity index (χ4n) is 2.62. The summed E-state index contributed by atoms with van der Waals surface area (Å²) in [6.45, 7) is 2.59. The molecule has 0 aliphatic heterocycles. The number of carbonyl (C=O) groups is 2. The van der Waals surface area contributed by atoms with Crippen molar-refractivity contribution in [3.8, 4) is 5.75 Å². The molecule has 1 aromatic heterocycles. The number of hydrogen-bond donors (Lipinski definition) is 0. The lowest BCUT2D eigenvalue weighted by molar-refractivity contribution is -0.153. The van der Waals surface area contributed by atoms with Gasteiger partial charge in [-0.1, -0.05) is 19.3 Å². The maximum atomic E-state index is 11.6. The summed E-state index contributed by atoms with van der Waals surface area (Å²) in [7, 11) is 0. The highest BCUT2D eigenvalue weighted by Gasteiger charge is 2.16. The van der Waals surface area contributed by atoms with Gasteiger partial charge in [0.05, 0.1) is 25.8 Å². The van der Waals surface area contributed by atoms with Crippen LogP contribution < -0.4 is 4.74 Å². The van der Waals surface area contributed by atoms with E-state index in [0.717, 1.165) is 6.61 Å². The molecule has 1 fully saturated rings. The minimum absolute atomic E-state index is 0.0399. The summed E-state index contributed by atoms with van der Waals surface area (Å²) < 4.78 is 10.4. The quantitative estimate of drug-likeness (QED) is 0.572. The average Bonchev–Trinajstić information content (AvgIpc) is 2.55. The fraction of sp³-hybridized carbons (Fsp3) is 0.588. The zero-order chi connectivity index (χ0) is 15.8. The number of ketones is 1. The summed E-state index contributed by atoms with van der Waals surface area (Å²) in [5, 5.41) is 0. The van der Waals surface area contributed by atoms with Gasteiger partial charge in [0, 0.05) is 5.69 Å². The Labute approximate surface area is 131 Å². The van der Waals surface area contributed by atoms with Crippen molar-refractivity contribution in [2.75, 3.05) is 13.2 Å². The molecule has 0 spiro atoms. The molecule has 0 unspecified atom stereocenters. The van der Waals surface area contributed by atoms with Gasteiger partial charge < -0.3 is 9.47 Å². The summed E-state index contributed by atoms with van der Waals surface area (Å²) >= 11 is 0. The molecule has 0 aromatic carbocycles. The number of ether oxygens (including phenoxy) is 2. The summed E-state index contributed by atoms with van der Waals surface area (Å²) in [5.74, 6) is -0.0381. The van der Waals surface area contributed by atoms with Gasteiger partial charge in [-0.15, -0.1) is 0 Å². The van der Waals surface area contributed by atoms with Crippen LogP contribution in [-0.4, -0.2) is 30.0 Å². The lowest BCUT2D eigenvalue weighted by Gasteiger charge is -2.21. The fourth-order valence-corrected chi connectivity index (χ4v) is 2.62. The molecule has 2 rings (SSSR count). The summed E-state index contributed by atoms with van der Waals surface area (Å²) in [6, 6.07) is 3.51. The maximum absolute atomic E-state index is 11.6. The molecule has 120 valence electrons. The van der Waals surface area contributed by atoms with Crippen LogP contribution in [0.3, 0.4) is 0 Å². The Hall–Kier alpha value is -1.91. The predicted molar refractivity (Wildman–Crippen MR) is 81.7 cm³/mol. The van der Waals surface area contributed by atoms with Gasteiger partial charge in [-0.2, -0.15) is 0 Å². The van der Waals surface area contributed by atoms with Crippen LogP contribution in [0.25, 0.3) is 0 Å². The molecule has 22 heavy (non-hydrogen) atoms. The molecule has 0 saturated heterocycles. The van der Waals surface area contributed by atoms with Crippen molar-refractivity contribution in [1.29, 1.82) is 0 Å². The highest BCUT2D eigenvalue weighted by molar-refractivity contribution is 6.34. The van der Waals surface area contributed by atoms with Gasteiger partial charge in [-0.25, -0.2) is 4.79 Å². The minimum atomic E-state index is -0.804. The smallest absolute Gasteiger partial charge is 0.375 e. The number of hydrogen-bond acceptors (Lipinski definition) is 5. The topological polar surface area (TPSA) is 65.5 Å². The molecule has 1 aliphatic rings. The highest BCUT2D eigenvalue weighted by atomic mass is 16.5. The van der Waals surface area contributed by atoms with Crippen LogP contribution in [0, 0.1) is 5.92 Å². The number of pyridine rings is 1. The molecule has 5 heteroatoms. The first kappa shape index (κ1) is 16.5. The lowest BCUT2D eigenvalue weighted by Crippen LogP contribution is -2.20. The van der Waals surface area contributed by atoms with Crippen LogP contribution in [-0.2, 0) is 20.7 Å². The van der Waals surface area contributed by atoms with Crippen LogP contribution in [0.1, 0.15) is 44.7 Å². The molecular formula is C17H23NO4. The van der Waals surface area contributed by atoms with Crippen molar-refractivity contribution in [2.24, 2.45) is 5.92 Å². The van der Waals surface area contributed by atoms with Gasteiger partial charge in [-0.3, -0.25) is 9.78 Å². The molecule has 1 aromatic rings. The molecule has 1 heterocycles. The molecule has 0 radical (unpaired) electrons. The third kappa shape index (κ3) is 5.13. The molecule has 1 saturated carbocycles. The van der Waals surface area contributed by atoms with Gasteiger partial charge >= 0.3 is 5.97 Å². The van der Waals surface area contributed by atoms with Gasteiger partial charge in [-0.05, 0) is 37.8 Å². The third-order valence-electron chi connectivity index (χ3n) is 3.85. The van der Waals surface area contributed by atoms with E-state index in [0.29, 0.717) is 17.4 Å². The Bertz CT molecular complexity index is 492. The zero-order valence-electron chi connectivity index (χ0n) is 13.0. The van der Waals surface area contributed by atoms with Gasteiger partial charge in [0.25, 0.3) is 0 Å². The molecule has 0 N–H and O–H groups in total. The van der Waals surface area contributed by atoms with Crippen molar-refractivity contribution in [2.45, 2.75) is 45.4 Å². The number of Topliss-reactive ketones (excluding diaryl/α,β-unsaturated/α-hetero) is 1. The molecule has 0 atom stereocenters. The van der Waals surface area contributed by atoms with Crippen molar-refractivity contribution in [1.82, 2.24) is 4.98 Å². The third-order valence-corrected chi connectivity index (χ3v) is 3.85. The Balaban J connectivity index is 1.79. The van der Waals surface area contributed by atoms with Gasteiger partial charge in [0.15, 0.2) is 0 Å². The first-order valence-corrected chi connectivity index (χ1v) is 7.96. The van der Waals surface area contributed by atoms with E-state index < -0.39 is 11.8 Å². The normalized spacial score (nSPS) is 15.3. The first-order chi connectivity index (χ1) is 10.7. The molecule has 1 aliphatic carbocycles. The SMILES string of the molecule is CCOC(=O)C(=O)Cc1ccc(OCC2CCCCC2)cn1. The van der Waals surface area contributed by atoms with Crippen LogP contribution in [0.5, 0.6) is 5.75 Å². The Morgan fingerprint density at radius 2 is 2.00 bits per heavy atom. The molecule has 0 amide bonds. The van der Waals surface area contributed by atoms with E-state index in [1.54, 1.807) is 25.3 Å². The van der Waals surface area contributed by atoms with Crippen LogP contribution in [0.15, 0.2) is 18.3 Å². The van der Waals surface area contributed by atoms with Crippen molar-refractivity contribution in [3.63, 3.8) is 0 Å². The highest BCUT2D eigenvalue weighted by Crippen LogP contribution is 2.24. The van der Waals surface area contributed by atoms with E-state index in [2.05, 4.69) is 9.72 Å². The Kier molecular flexibility index (Phi) is 6.37. The number of rotatable bonds is 7. The zero-order valence-corrected chi connectivity index (χ0v) is 13.0. The van der Waals surface area contributed by atoms with Crippen LogP contribution in [0.4, 0.5) is 0 Å². The van der Waals surface area contributed by atoms with Crippen LogP contribution in [0.2, 0.25) is 0 Å². The maximum Gasteiger partial charge on any atom is 0.375 e. The van der Waals surface area contributed by atoms with E-state index in [1.807, 2.05) is 0 Å². The Morgan fingerprint density at radius 1 is 1.23 bits per heavy atom. The Morgan fingerprint density at radius 3 is 2.64 bits per heavy atom. The second kappa shape index (κ2) is 8.51. The number of esters is 1. The minimum Gasteiger partial charge on any atom is -0.492 e. The van der Waals surface area contributed by atoms with Crippen molar-refractivity contribution >= 4 is 11.8 Å². The van der Waals surface area contributed by atoms with E-state index in [1.165, 1.54) is 32.1 Å².